The first kappa shape index (κ1) is 14.2. The summed E-state index contributed by atoms with van der Waals surface area (Å²) < 4.78 is 20.8. The van der Waals surface area contributed by atoms with Gasteiger partial charge in [0.15, 0.2) is 6.29 Å². The van der Waals surface area contributed by atoms with Gasteiger partial charge in [-0.1, -0.05) is 18.2 Å². The average molecular weight is 262 g/mol. The molecule has 96 valence electrons. The molecule has 1 aromatic rings. The molecule has 0 aliphatic carbocycles. The van der Waals surface area contributed by atoms with Crippen molar-refractivity contribution in [2.75, 3.05) is 6.61 Å². The zero-order valence-electron chi connectivity index (χ0n) is 9.10. The van der Waals surface area contributed by atoms with Crippen molar-refractivity contribution in [3.63, 3.8) is 0 Å². The van der Waals surface area contributed by atoms with Crippen molar-refractivity contribution in [2.45, 2.75) is 19.1 Å². The highest BCUT2D eigenvalue weighted by Crippen LogP contribution is 2.43. The van der Waals surface area contributed by atoms with Crippen LogP contribution in [0, 0.1) is 0 Å². The lowest BCUT2D eigenvalue weighted by molar-refractivity contribution is -0.0484. The fourth-order valence-electron chi connectivity index (χ4n) is 1.09. The van der Waals surface area contributed by atoms with Gasteiger partial charge in [-0.3, -0.25) is 9.42 Å². The Kier molecular flexibility index (Phi) is 5.61. The molecule has 3 N–H and O–H groups in total. The Hall–Kier alpha value is -0.910. The molecule has 0 radical (unpaired) electrons. The Morgan fingerprint density at radius 3 is 2.47 bits per heavy atom. The van der Waals surface area contributed by atoms with Crippen molar-refractivity contribution in [1.29, 1.82) is 0 Å². The second kappa shape index (κ2) is 6.74. The first-order chi connectivity index (χ1) is 7.99. The van der Waals surface area contributed by atoms with Gasteiger partial charge in [0.25, 0.3) is 0 Å². The lowest BCUT2D eigenvalue weighted by Crippen LogP contribution is -2.06. The van der Waals surface area contributed by atoms with Gasteiger partial charge in [-0.25, -0.2) is 4.57 Å². The predicted octanol–water partition coefficient (Wildman–Crippen LogP) is 1.27. The highest BCUT2D eigenvalue weighted by atomic mass is 31.2. The van der Waals surface area contributed by atoms with Gasteiger partial charge in [0.05, 0.1) is 6.61 Å². The maximum atomic E-state index is 11.4. The average Bonchev–Trinajstić information content (AvgIpc) is 2.25. The second-order valence-electron chi connectivity index (χ2n) is 3.33. The standard InChI is InChI=1S/C10H15O6P/c11-10(12)7-4-8-15-17(13,14)16-9-5-2-1-3-6-9/h1-3,5-6,10-12H,4,7-8H2,(H,13,14). The van der Waals surface area contributed by atoms with Crippen LogP contribution in [-0.2, 0) is 9.09 Å². The van der Waals surface area contributed by atoms with Crippen LogP contribution < -0.4 is 4.52 Å². The molecule has 0 aliphatic rings. The van der Waals surface area contributed by atoms with Gasteiger partial charge in [-0.15, -0.1) is 0 Å². The smallest absolute Gasteiger partial charge is 0.404 e. The molecule has 17 heavy (non-hydrogen) atoms. The molecule has 0 aromatic heterocycles. The van der Waals surface area contributed by atoms with Crippen LogP contribution in [0.15, 0.2) is 30.3 Å². The summed E-state index contributed by atoms with van der Waals surface area (Å²) in [5.41, 5.74) is 0. The lowest BCUT2D eigenvalue weighted by Gasteiger charge is -2.12. The minimum Gasteiger partial charge on any atom is -0.404 e. The predicted molar refractivity (Wildman–Crippen MR) is 60.3 cm³/mol. The normalized spacial score (nSPS) is 14.6. The molecular weight excluding hydrogens is 247 g/mol. The van der Waals surface area contributed by atoms with Crippen LogP contribution in [0.5, 0.6) is 5.75 Å². The largest absolute Gasteiger partial charge is 0.527 e. The molecule has 0 saturated carbocycles. The molecule has 0 amide bonds. The fraction of sp³-hybridized carbons (Fsp3) is 0.400. The highest BCUT2D eigenvalue weighted by molar-refractivity contribution is 7.47. The zero-order chi connectivity index (χ0) is 12.7. The SMILES string of the molecule is O=P(O)(OCCCC(O)O)Oc1ccccc1. The number of aliphatic hydroxyl groups excluding tert-OH is 1. The Balaban J connectivity index is 2.34. The summed E-state index contributed by atoms with van der Waals surface area (Å²) in [6.45, 7) is -0.0851. The summed E-state index contributed by atoms with van der Waals surface area (Å²) in [4.78, 5) is 9.32. The van der Waals surface area contributed by atoms with Crippen molar-refractivity contribution >= 4 is 7.82 Å². The van der Waals surface area contributed by atoms with E-state index in [0.717, 1.165) is 0 Å². The number of phosphoric ester groups is 1. The minimum absolute atomic E-state index is 0.0747. The Morgan fingerprint density at radius 1 is 1.24 bits per heavy atom. The van der Waals surface area contributed by atoms with Gasteiger partial charge in [0, 0.05) is 6.42 Å². The highest BCUT2D eigenvalue weighted by Gasteiger charge is 2.22. The molecule has 1 aromatic carbocycles. The third-order valence-corrected chi connectivity index (χ3v) is 2.78. The van der Waals surface area contributed by atoms with Crippen molar-refractivity contribution in [3.8, 4) is 5.75 Å². The van der Waals surface area contributed by atoms with E-state index in [0.29, 0.717) is 0 Å². The summed E-state index contributed by atoms with van der Waals surface area (Å²) in [6.07, 6.45) is -1.11. The number of hydrogen-bond donors (Lipinski definition) is 3. The maximum Gasteiger partial charge on any atom is 0.527 e. The number of phosphoric acid groups is 1. The van der Waals surface area contributed by atoms with Gasteiger partial charge >= 0.3 is 7.82 Å². The Bertz CT molecular complexity index is 366. The summed E-state index contributed by atoms with van der Waals surface area (Å²) in [7, 11) is -4.14. The van der Waals surface area contributed by atoms with E-state index >= 15 is 0 Å². The molecule has 0 heterocycles. The minimum atomic E-state index is -4.14. The summed E-state index contributed by atoms with van der Waals surface area (Å²) in [6, 6.07) is 8.14. The number of rotatable bonds is 7. The summed E-state index contributed by atoms with van der Waals surface area (Å²) >= 11 is 0. The first-order valence-electron chi connectivity index (χ1n) is 5.08. The number of para-hydroxylation sites is 1. The van der Waals surface area contributed by atoms with Gasteiger partial charge in [0.2, 0.25) is 0 Å². The van der Waals surface area contributed by atoms with E-state index in [9.17, 15) is 9.46 Å². The van der Waals surface area contributed by atoms with Crippen LogP contribution in [0.25, 0.3) is 0 Å². The van der Waals surface area contributed by atoms with E-state index in [-0.39, 0.29) is 25.2 Å². The number of aliphatic hydroxyl groups is 2. The van der Waals surface area contributed by atoms with E-state index in [1.54, 1.807) is 18.2 Å². The second-order valence-corrected chi connectivity index (χ2v) is 4.71. The molecule has 1 rings (SSSR count). The van der Waals surface area contributed by atoms with Crippen LogP contribution in [0.1, 0.15) is 12.8 Å². The summed E-state index contributed by atoms with van der Waals surface area (Å²) in [5, 5.41) is 17.1. The number of hydrogen-bond acceptors (Lipinski definition) is 5. The van der Waals surface area contributed by atoms with Gasteiger partial charge in [-0.05, 0) is 18.6 Å². The van der Waals surface area contributed by atoms with Crippen molar-refractivity contribution in [3.05, 3.63) is 30.3 Å². The Morgan fingerprint density at radius 2 is 1.88 bits per heavy atom. The fourth-order valence-corrected chi connectivity index (χ4v) is 1.89. The van der Waals surface area contributed by atoms with E-state index in [4.69, 9.17) is 14.7 Å². The lowest BCUT2D eigenvalue weighted by atomic mass is 10.3. The summed E-state index contributed by atoms with van der Waals surface area (Å²) in [5.74, 6) is 0.237. The van der Waals surface area contributed by atoms with Gasteiger partial charge < -0.3 is 14.7 Å². The van der Waals surface area contributed by atoms with Crippen molar-refractivity contribution < 1.29 is 28.7 Å². The molecule has 0 spiro atoms. The topological polar surface area (TPSA) is 96.2 Å². The molecule has 6 nitrogen and oxygen atoms in total. The molecule has 1 unspecified atom stereocenters. The van der Waals surface area contributed by atoms with Gasteiger partial charge in [-0.2, -0.15) is 0 Å². The van der Waals surface area contributed by atoms with Gasteiger partial charge in [0.1, 0.15) is 5.75 Å². The zero-order valence-corrected chi connectivity index (χ0v) is 9.99. The van der Waals surface area contributed by atoms with E-state index in [2.05, 4.69) is 4.52 Å². The first-order valence-corrected chi connectivity index (χ1v) is 6.57. The molecule has 7 heteroatoms. The van der Waals surface area contributed by atoms with E-state index in [1.807, 2.05) is 0 Å². The molecule has 0 aliphatic heterocycles. The monoisotopic (exact) mass is 262 g/mol. The molecule has 0 saturated heterocycles. The molecule has 0 fully saturated rings. The van der Waals surface area contributed by atoms with Crippen LogP contribution in [0.2, 0.25) is 0 Å². The number of benzene rings is 1. The van der Waals surface area contributed by atoms with Crippen LogP contribution in [0.3, 0.4) is 0 Å². The Labute approximate surface area is 99.1 Å². The quantitative estimate of drug-likeness (QED) is 0.389. The third kappa shape index (κ3) is 6.41. The van der Waals surface area contributed by atoms with Crippen molar-refractivity contribution in [2.24, 2.45) is 0 Å². The van der Waals surface area contributed by atoms with Crippen molar-refractivity contribution in [1.82, 2.24) is 0 Å². The molecule has 0 bridgehead atoms. The van der Waals surface area contributed by atoms with E-state index in [1.165, 1.54) is 12.1 Å². The van der Waals surface area contributed by atoms with E-state index < -0.39 is 14.1 Å². The third-order valence-electron chi connectivity index (χ3n) is 1.83. The van der Waals surface area contributed by atoms with Crippen LogP contribution in [-0.4, -0.2) is 28.0 Å². The van der Waals surface area contributed by atoms with Crippen LogP contribution >= 0.6 is 7.82 Å². The molecular formula is C10H15O6P. The maximum absolute atomic E-state index is 11.4. The molecule has 1 atom stereocenters. The van der Waals surface area contributed by atoms with Crippen LogP contribution in [0.4, 0.5) is 0 Å².